The summed E-state index contributed by atoms with van der Waals surface area (Å²) in [6.07, 6.45) is 2.79. The largest absolute Gasteiger partial charge is 0.465 e. The van der Waals surface area contributed by atoms with Crippen molar-refractivity contribution < 1.29 is 18.7 Å². The summed E-state index contributed by atoms with van der Waals surface area (Å²) >= 11 is 1.20. The van der Waals surface area contributed by atoms with E-state index < -0.39 is 11.9 Å². The smallest absolute Gasteiger partial charge is 0.341 e. The molecule has 146 valence electrons. The molecule has 3 aromatic rings. The van der Waals surface area contributed by atoms with Crippen LogP contribution in [0.15, 0.2) is 58.0 Å². The van der Waals surface area contributed by atoms with E-state index in [2.05, 4.69) is 5.32 Å². The molecule has 1 aromatic carbocycles. The van der Waals surface area contributed by atoms with E-state index in [4.69, 9.17) is 9.15 Å². The van der Waals surface area contributed by atoms with Crippen molar-refractivity contribution in [3.8, 4) is 17.2 Å². The van der Waals surface area contributed by atoms with Crippen LogP contribution >= 0.6 is 11.3 Å². The van der Waals surface area contributed by atoms with Crippen LogP contribution in [-0.4, -0.2) is 18.5 Å². The summed E-state index contributed by atoms with van der Waals surface area (Å²) in [5.41, 5.74) is 2.72. The van der Waals surface area contributed by atoms with E-state index in [1.165, 1.54) is 23.7 Å². The fraction of sp³-hybridized carbons (Fsp3) is 0.136. The molecule has 0 bridgehead atoms. The molecule has 1 amide bonds. The number of aryl methyl sites for hydroxylation is 1. The third-order valence-electron chi connectivity index (χ3n) is 4.06. The number of nitrogens with zero attached hydrogens (tertiary/aromatic N) is 1. The molecule has 0 aliphatic heterocycles. The molecule has 7 heteroatoms. The highest BCUT2D eigenvalue weighted by molar-refractivity contribution is 7.15. The highest BCUT2D eigenvalue weighted by Crippen LogP contribution is 2.36. The van der Waals surface area contributed by atoms with Gasteiger partial charge in [-0.05, 0) is 31.5 Å². The van der Waals surface area contributed by atoms with Crippen LogP contribution in [-0.2, 0) is 9.53 Å². The Morgan fingerprint density at radius 2 is 2.03 bits per heavy atom. The number of benzene rings is 1. The molecule has 0 spiro atoms. The van der Waals surface area contributed by atoms with Crippen molar-refractivity contribution >= 4 is 34.3 Å². The van der Waals surface area contributed by atoms with Gasteiger partial charge in [-0.25, -0.2) is 4.79 Å². The van der Waals surface area contributed by atoms with Crippen LogP contribution in [0.5, 0.6) is 0 Å². The van der Waals surface area contributed by atoms with E-state index in [1.54, 1.807) is 24.4 Å². The van der Waals surface area contributed by atoms with E-state index in [0.29, 0.717) is 16.3 Å². The Hall–Kier alpha value is -3.63. The number of anilines is 1. The fourth-order valence-corrected chi connectivity index (χ4v) is 3.59. The minimum atomic E-state index is -0.633. The van der Waals surface area contributed by atoms with Gasteiger partial charge in [0, 0.05) is 17.0 Å². The van der Waals surface area contributed by atoms with E-state index in [9.17, 15) is 14.9 Å². The van der Waals surface area contributed by atoms with Gasteiger partial charge in [-0.15, -0.1) is 11.3 Å². The number of rotatable bonds is 6. The minimum Gasteiger partial charge on any atom is -0.465 e. The monoisotopic (exact) mass is 406 g/mol. The average Bonchev–Trinajstić information content (AvgIpc) is 3.36. The first kappa shape index (κ1) is 20.1. The third-order valence-corrected chi connectivity index (χ3v) is 4.95. The van der Waals surface area contributed by atoms with Gasteiger partial charge in [0.15, 0.2) is 0 Å². The quantitative estimate of drug-likeness (QED) is 0.352. The molecule has 0 saturated carbocycles. The van der Waals surface area contributed by atoms with Gasteiger partial charge in [-0.3, -0.25) is 4.79 Å². The van der Waals surface area contributed by atoms with E-state index >= 15 is 0 Å². The molecule has 0 radical (unpaired) electrons. The molecule has 0 unspecified atom stereocenters. The Kier molecular flexibility index (Phi) is 6.27. The Morgan fingerprint density at radius 3 is 2.66 bits per heavy atom. The molecular weight excluding hydrogens is 388 g/mol. The van der Waals surface area contributed by atoms with Gasteiger partial charge in [0.1, 0.15) is 28.0 Å². The van der Waals surface area contributed by atoms with Gasteiger partial charge in [0.05, 0.1) is 12.9 Å². The van der Waals surface area contributed by atoms with Crippen LogP contribution in [0.25, 0.3) is 17.2 Å². The minimum absolute atomic E-state index is 0.139. The normalized spacial score (nSPS) is 11.0. The summed E-state index contributed by atoms with van der Waals surface area (Å²) in [6.45, 7) is 3.90. The van der Waals surface area contributed by atoms with Gasteiger partial charge < -0.3 is 14.5 Å². The number of hydrogen-bond acceptors (Lipinski definition) is 6. The molecule has 0 aliphatic carbocycles. The van der Waals surface area contributed by atoms with Crippen LogP contribution in [0.4, 0.5) is 5.00 Å². The topological polar surface area (TPSA) is 92.3 Å². The lowest BCUT2D eigenvalue weighted by atomic mass is 10.0. The van der Waals surface area contributed by atoms with Crippen LogP contribution in [0.1, 0.15) is 28.6 Å². The number of esters is 1. The fourth-order valence-electron chi connectivity index (χ4n) is 2.64. The molecule has 3 rings (SSSR count). The van der Waals surface area contributed by atoms with Gasteiger partial charge in [0.25, 0.3) is 5.91 Å². The number of nitriles is 1. The number of carbonyl (C=O) groups is 2. The summed E-state index contributed by atoms with van der Waals surface area (Å²) in [5, 5.41) is 14.1. The summed E-state index contributed by atoms with van der Waals surface area (Å²) < 4.78 is 10.3. The zero-order chi connectivity index (χ0) is 20.8. The number of hydrogen-bond donors (Lipinski definition) is 1. The van der Waals surface area contributed by atoms with Crippen molar-refractivity contribution in [3.63, 3.8) is 0 Å². The lowest BCUT2D eigenvalue weighted by Crippen LogP contribution is -2.16. The Labute approximate surface area is 172 Å². The van der Waals surface area contributed by atoms with Crippen molar-refractivity contribution in [2.24, 2.45) is 0 Å². The zero-order valence-corrected chi connectivity index (χ0v) is 16.7. The van der Waals surface area contributed by atoms with Crippen molar-refractivity contribution in [1.29, 1.82) is 5.26 Å². The SMILES string of the molecule is CCOC(=O)c1c(-c2ccc(C)cc2)csc1NC(=O)C(C#N)=Cc1ccco1. The van der Waals surface area contributed by atoms with E-state index in [0.717, 1.165) is 11.1 Å². The molecule has 0 fully saturated rings. The molecule has 0 atom stereocenters. The van der Waals surface area contributed by atoms with E-state index in [-0.39, 0.29) is 17.7 Å². The Bertz CT molecular complexity index is 1090. The molecule has 2 aromatic heterocycles. The van der Waals surface area contributed by atoms with Crippen LogP contribution in [0.2, 0.25) is 0 Å². The summed E-state index contributed by atoms with van der Waals surface area (Å²) in [7, 11) is 0. The number of nitrogens with one attached hydrogen (secondary N) is 1. The maximum Gasteiger partial charge on any atom is 0.341 e. The molecule has 1 N–H and O–H groups in total. The van der Waals surface area contributed by atoms with Crippen LogP contribution < -0.4 is 5.32 Å². The maximum absolute atomic E-state index is 12.6. The summed E-state index contributed by atoms with van der Waals surface area (Å²) in [5.74, 6) is -0.784. The van der Waals surface area contributed by atoms with Crippen molar-refractivity contribution in [2.75, 3.05) is 11.9 Å². The summed E-state index contributed by atoms with van der Waals surface area (Å²) in [6, 6.07) is 12.8. The highest BCUT2D eigenvalue weighted by Gasteiger charge is 2.23. The van der Waals surface area contributed by atoms with Gasteiger partial charge in [-0.2, -0.15) is 5.26 Å². The molecule has 6 nitrogen and oxygen atoms in total. The predicted octanol–water partition coefficient (Wildman–Crippen LogP) is 5.04. The molecule has 0 saturated heterocycles. The Morgan fingerprint density at radius 1 is 1.28 bits per heavy atom. The van der Waals surface area contributed by atoms with Gasteiger partial charge >= 0.3 is 5.97 Å². The molecule has 29 heavy (non-hydrogen) atoms. The zero-order valence-electron chi connectivity index (χ0n) is 15.9. The van der Waals surface area contributed by atoms with Crippen molar-refractivity contribution in [2.45, 2.75) is 13.8 Å². The van der Waals surface area contributed by atoms with Gasteiger partial charge in [0.2, 0.25) is 0 Å². The number of carbonyl (C=O) groups excluding carboxylic acids is 2. The average molecular weight is 406 g/mol. The second-order valence-electron chi connectivity index (χ2n) is 6.08. The first-order valence-electron chi connectivity index (χ1n) is 8.85. The van der Waals surface area contributed by atoms with E-state index in [1.807, 2.05) is 37.3 Å². The van der Waals surface area contributed by atoms with Crippen LogP contribution in [0, 0.1) is 18.3 Å². The second kappa shape index (κ2) is 9.04. The predicted molar refractivity (Wildman–Crippen MR) is 111 cm³/mol. The maximum atomic E-state index is 12.6. The molecule has 2 heterocycles. The number of furan rings is 1. The lowest BCUT2D eigenvalue weighted by Gasteiger charge is -2.09. The summed E-state index contributed by atoms with van der Waals surface area (Å²) in [4.78, 5) is 25.2. The first-order chi connectivity index (χ1) is 14.0. The third kappa shape index (κ3) is 4.62. The molecular formula is C22H18N2O4S. The van der Waals surface area contributed by atoms with Crippen molar-refractivity contribution in [3.05, 3.63) is 70.5 Å². The standard InChI is InChI=1S/C22H18N2O4S/c1-3-27-22(26)19-18(15-8-6-14(2)7-9-15)13-29-21(19)24-20(25)16(12-23)11-17-5-4-10-28-17/h4-11,13H,3H2,1-2H3,(H,24,25). The van der Waals surface area contributed by atoms with Gasteiger partial charge in [-0.1, -0.05) is 29.8 Å². The van der Waals surface area contributed by atoms with Crippen LogP contribution in [0.3, 0.4) is 0 Å². The second-order valence-corrected chi connectivity index (χ2v) is 6.96. The number of amides is 1. The number of thiophene rings is 1. The number of ether oxygens (including phenoxy) is 1. The highest BCUT2D eigenvalue weighted by atomic mass is 32.1. The molecule has 0 aliphatic rings. The Balaban J connectivity index is 1.96. The lowest BCUT2D eigenvalue weighted by molar-refractivity contribution is -0.112. The first-order valence-corrected chi connectivity index (χ1v) is 9.73. The van der Waals surface area contributed by atoms with Crippen molar-refractivity contribution in [1.82, 2.24) is 0 Å².